The fourth-order valence-electron chi connectivity index (χ4n) is 3.50. The van der Waals surface area contributed by atoms with Crippen molar-refractivity contribution in [2.75, 3.05) is 19.6 Å². The minimum absolute atomic E-state index is 0.0115. The first-order chi connectivity index (χ1) is 9.56. The third-order valence-electron chi connectivity index (χ3n) is 4.50. The predicted molar refractivity (Wildman–Crippen MR) is 69.3 cm³/mol. The van der Waals surface area contributed by atoms with Crippen LogP contribution in [0.1, 0.15) is 23.2 Å². The van der Waals surface area contributed by atoms with Gasteiger partial charge < -0.3 is 5.11 Å². The summed E-state index contributed by atoms with van der Waals surface area (Å²) >= 11 is 0. The second-order valence-electron chi connectivity index (χ2n) is 5.78. The van der Waals surface area contributed by atoms with Crippen LogP contribution in [0.5, 0.6) is 0 Å². The number of likely N-dealkylation sites (tertiary alicyclic amines) is 1. The van der Waals surface area contributed by atoms with Crippen LogP contribution in [-0.2, 0) is 0 Å². The van der Waals surface area contributed by atoms with Crippen LogP contribution in [0.15, 0.2) is 18.2 Å². The van der Waals surface area contributed by atoms with Gasteiger partial charge in [0.25, 0.3) is 0 Å². The molecule has 1 aliphatic heterocycles. The fraction of sp³-hybridized carbons (Fsp3) is 0.533. The summed E-state index contributed by atoms with van der Waals surface area (Å²) in [5.74, 6) is -1.55. The van der Waals surface area contributed by atoms with Gasteiger partial charge in [-0.3, -0.25) is 9.69 Å². The Morgan fingerprint density at radius 1 is 1.25 bits per heavy atom. The van der Waals surface area contributed by atoms with E-state index in [4.69, 9.17) is 0 Å². The molecule has 108 valence electrons. The van der Waals surface area contributed by atoms with Gasteiger partial charge in [-0.05, 0) is 30.9 Å². The molecule has 1 N–H and O–H groups in total. The SMILES string of the molecule is O=C(CN1CC2CCC(O)C2C1)c1c(F)cccc1F. The van der Waals surface area contributed by atoms with Crippen LogP contribution >= 0.6 is 0 Å². The number of carbonyl (C=O) groups is 1. The first-order valence-electron chi connectivity index (χ1n) is 6.94. The second kappa shape index (κ2) is 5.22. The summed E-state index contributed by atoms with van der Waals surface area (Å²) < 4.78 is 27.1. The van der Waals surface area contributed by atoms with Crippen molar-refractivity contribution in [3.63, 3.8) is 0 Å². The number of halogens is 2. The average Bonchev–Trinajstić information content (AvgIpc) is 2.92. The van der Waals surface area contributed by atoms with Gasteiger partial charge in [-0.15, -0.1) is 0 Å². The Bertz CT molecular complexity index is 514. The zero-order valence-electron chi connectivity index (χ0n) is 11.1. The van der Waals surface area contributed by atoms with Crippen LogP contribution < -0.4 is 0 Å². The molecule has 0 spiro atoms. The van der Waals surface area contributed by atoms with E-state index in [-0.39, 0.29) is 18.6 Å². The summed E-state index contributed by atoms with van der Waals surface area (Å²) in [6, 6.07) is 3.44. The number of aliphatic hydroxyl groups is 1. The van der Waals surface area contributed by atoms with Crippen molar-refractivity contribution >= 4 is 5.78 Å². The van der Waals surface area contributed by atoms with E-state index in [1.807, 2.05) is 4.90 Å². The van der Waals surface area contributed by atoms with Crippen LogP contribution in [0.2, 0.25) is 0 Å². The molecule has 3 nitrogen and oxygen atoms in total. The first kappa shape index (κ1) is 13.6. The van der Waals surface area contributed by atoms with E-state index in [9.17, 15) is 18.7 Å². The largest absolute Gasteiger partial charge is 0.393 e. The lowest BCUT2D eigenvalue weighted by atomic mass is 10.00. The van der Waals surface area contributed by atoms with Crippen molar-refractivity contribution in [2.45, 2.75) is 18.9 Å². The standard InChI is InChI=1S/C15H17F2NO2/c16-11-2-1-3-12(17)15(11)14(20)8-18-6-9-4-5-13(19)10(9)7-18/h1-3,9-10,13,19H,4-8H2. The van der Waals surface area contributed by atoms with Crippen molar-refractivity contribution in [1.29, 1.82) is 0 Å². The van der Waals surface area contributed by atoms with Crippen molar-refractivity contribution in [3.8, 4) is 0 Å². The van der Waals surface area contributed by atoms with Crippen LogP contribution in [0.25, 0.3) is 0 Å². The van der Waals surface area contributed by atoms with Gasteiger partial charge in [-0.2, -0.15) is 0 Å². The maximum atomic E-state index is 13.5. The summed E-state index contributed by atoms with van der Waals surface area (Å²) in [5, 5.41) is 9.82. The van der Waals surface area contributed by atoms with Gasteiger partial charge in [0.15, 0.2) is 5.78 Å². The molecule has 3 unspecified atom stereocenters. The summed E-state index contributed by atoms with van der Waals surface area (Å²) in [4.78, 5) is 14.0. The Kier molecular flexibility index (Phi) is 3.56. The molecule has 2 fully saturated rings. The third kappa shape index (κ3) is 2.36. The Morgan fingerprint density at radius 3 is 2.60 bits per heavy atom. The second-order valence-corrected chi connectivity index (χ2v) is 5.78. The molecule has 1 heterocycles. The van der Waals surface area contributed by atoms with Crippen LogP contribution in [0, 0.1) is 23.5 Å². The number of rotatable bonds is 3. The number of hydrogen-bond donors (Lipinski definition) is 1. The van der Waals surface area contributed by atoms with E-state index in [0.717, 1.165) is 31.5 Å². The van der Waals surface area contributed by atoms with E-state index >= 15 is 0 Å². The van der Waals surface area contributed by atoms with E-state index < -0.39 is 23.0 Å². The average molecular weight is 281 g/mol. The fourth-order valence-corrected chi connectivity index (χ4v) is 3.50. The minimum atomic E-state index is -0.811. The lowest BCUT2D eigenvalue weighted by Gasteiger charge is -2.17. The maximum absolute atomic E-state index is 13.5. The zero-order chi connectivity index (χ0) is 14.3. The Labute approximate surface area is 116 Å². The van der Waals surface area contributed by atoms with Gasteiger partial charge in [0, 0.05) is 19.0 Å². The monoisotopic (exact) mass is 281 g/mol. The zero-order valence-corrected chi connectivity index (χ0v) is 11.1. The molecule has 1 saturated carbocycles. The predicted octanol–water partition coefficient (Wildman–Crippen LogP) is 1.85. The number of Topliss-reactive ketones (excluding diaryl/α,β-unsaturated/α-hetero) is 1. The highest BCUT2D eigenvalue weighted by molar-refractivity contribution is 5.98. The van der Waals surface area contributed by atoms with Crippen LogP contribution in [-0.4, -0.2) is 41.5 Å². The van der Waals surface area contributed by atoms with Gasteiger partial charge in [0.1, 0.15) is 11.6 Å². The van der Waals surface area contributed by atoms with Gasteiger partial charge >= 0.3 is 0 Å². The lowest BCUT2D eigenvalue weighted by Crippen LogP contribution is -2.31. The molecule has 1 aromatic rings. The molecule has 0 amide bonds. The van der Waals surface area contributed by atoms with E-state index in [1.54, 1.807) is 0 Å². The number of ketones is 1. The number of fused-ring (bicyclic) bond motifs is 1. The van der Waals surface area contributed by atoms with Gasteiger partial charge in [0.05, 0.1) is 18.2 Å². The van der Waals surface area contributed by atoms with Crippen molar-refractivity contribution < 1.29 is 18.7 Å². The molecule has 1 aromatic carbocycles. The summed E-state index contributed by atoms with van der Waals surface area (Å²) in [6.45, 7) is 1.37. The van der Waals surface area contributed by atoms with Gasteiger partial charge in [-0.25, -0.2) is 8.78 Å². The highest BCUT2D eigenvalue weighted by Gasteiger charge is 2.42. The smallest absolute Gasteiger partial charge is 0.182 e. The molecule has 5 heteroatoms. The molecule has 3 rings (SSSR count). The molecule has 0 radical (unpaired) electrons. The summed E-state index contributed by atoms with van der Waals surface area (Å²) in [6.07, 6.45) is 1.48. The van der Waals surface area contributed by atoms with Gasteiger partial charge in [0.2, 0.25) is 0 Å². The number of hydrogen-bond acceptors (Lipinski definition) is 3. The number of aliphatic hydroxyl groups excluding tert-OH is 1. The minimum Gasteiger partial charge on any atom is -0.393 e. The maximum Gasteiger partial charge on any atom is 0.182 e. The number of nitrogens with zero attached hydrogens (tertiary/aromatic N) is 1. The number of benzene rings is 1. The molecule has 2 aliphatic rings. The molecule has 0 bridgehead atoms. The Hall–Kier alpha value is -1.33. The molecular weight excluding hydrogens is 264 g/mol. The van der Waals surface area contributed by atoms with E-state index in [1.165, 1.54) is 6.07 Å². The van der Waals surface area contributed by atoms with Gasteiger partial charge in [-0.1, -0.05) is 6.07 Å². The molecule has 3 atom stereocenters. The van der Waals surface area contributed by atoms with E-state index in [0.29, 0.717) is 12.5 Å². The molecule has 20 heavy (non-hydrogen) atoms. The Balaban J connectivity index is 1.69. The van der Waals surface area contributed by atoms with Crippen LogP contribution in [0.4, 0.5) is 8.78 Å². The topological polar surface area (TPSA) is 40.5 Å². The molecule has 1 aliphatic carbocycles. The van der Waals surface area contributed by atoms with Crippen molar-refractivity contribution in [2.24, 2.45) is 11.8 Å². The molecule has 1 saturated heterocycles. The van der Waals surface area contributed by atoms with Crippen molar-refractivity contribution in [1.82, 2.24) is 4.90 Å². The quantitative estimate of drug-likeness (QED) is 0.860. The normalized spacial score (nSPS) is 29.6. The summed E-state index contributed by atoms with van der Waals surface area (Å²) in [7, 11) is 0. The highest BCUT2D eigenvalue weighted by Crippen LogP contribution is 2.38. The lowest BCUT2D eigenvalue weighted by molar-refractivity contribution is 0.0912. The van der Waals surface area contributed by atoms with Crippen LogP contribution in [0.3, 0.4) is 0 Å². The third-order valence-corrected chi connectivity index (χ3v) is 4.50. The highest BCUT2D eigenvalue weighted by atomic mass is 19.1. The van der Waals surface area contributed by atoms with E-state index in [2.05, 4.69) is 0 Å². The van der Waals surface area contributed by atoms with Crippen molar-refractivity contribution in [3.05, 3.63) is 35.4 Å². The summed E-state index contributed by atoms with van der Waals surface area (Å²) in [5.41, 5.74) is -0.454. The molecule has 0 aromatic heterocycles. The molecular formula is C15H17F2NO2. The Morgan fingerprint density at radius 2 is 1.95 bits per heavy atom. The first-order valence-corrected chi connectivity index (χ1v) is 6.94. The number of carbonyl (C=O) groups excluding carboxylic acids is 1.